The molecule has 8 heteroatoms. The van der Waals surface area contributed by atoms with Gasteiger partial charge in [0.25, 0.3) is 11.8 Å². The Kier molecular flexibility index (Phi) is 5.31. The lowest BCUT2D eigenvalue weighted by Gasteiger charge is -2.13. The van der Waals surface area contributed by atoms with Crippen molar-refractivity contribution < 1.29 is 14.4 Å². The highest BCUT2D eigenvalue weighted by atomic mass is 79.9. The molecule has 1 aromatic rings. The topological polar surface area (TPSA) is 113 Å². The van der Waals surface area contributed by atoms with Crippen molar-refractivity contribution in [1.29, 1.82) is 0 Å². The number of carbonyl (C=O) groups is 3. The van der Waals surface area contributed by atoms with Gasteiger partial charge in [0.15, 0.2) is 0 Å². The summed E-state index contributed by atoms with van der Waals surface area (Å²) in [5.74, 6) is -1.05. The predicted octanol–water partition coefficient (Wildman–Crippen LogP) is 0.267. The second kappa shape index (κ2) is 6.74. The molecular formula is C11H13BrN4O3. The third-order valence-corrected chi connectivity index (χ3v) is 2.69. The second-order valence-corrected chi connectivity index (χ2v) is 4.60. The Bertz CT molecular complexity index is 489. The van der Waals surface area contributed by atoms with Crippen molar-refractivity contribution in [3.05, 3.63) is 34.3 Å². The third kappa shape index (κ3) is 4.96. The van der Waals surface area contributed by atoms with Gasteiger partial charge in [0.05, 0.1) is 0 Å². The monoisotopic (exact) mass is 328 g/mol. The van der Waals surface area contributed by atoms with E-state index in [0.29, 0.717) is 5.56 Å². The number of nitrogens with two attached hydrogens (primary N) is 1. The third-order valence-electron chi connectivity index (χ3n) is 2.16. The van der Waals surface area contributed by atoms with Crippen LogP contribution in [0.2, 0.25) is 0 Å². The maximum absolute atomic E-state index is 11.7. The first-order valence-corrected chi connectivity index (χ1v) is 6.11. The van der Waals surface area contributed by atoms with E-state index in [0.717, 1.165) is 4.47 Å². The fourth-order valence-electron chi connectivity index (χ4n) is 1.18. The highest BCUT2D eigenvalue weighted by Gasteiger charge is 2.14. The summed E-state index contributed by atoms with van der Waals surface area (Å²) in [6.07, 6.45) is 0. The van der Waals surface area contributed by atoms with E-state index in [2.05, 4.69) is 32.1 Å². The van der Waals surface area contributed by atoms with Crippen LogP contribution in [0, 0.1) is 0 Å². The minimum atomic E-state index is -0.845. The van der Waals surface area contributed by atoms with Crippen LogP contribution in [0.25, 0.3) is 0 Å². The van der Waals surface area contributed by atoms with Crippen molar-refractivity contribution in [3.8, 4) is 0 Å². The van der Waals surface area contributed by atoms with E-state index in [1.54, 1.807) is 24.3 Å². The van der Waals surface area contributed by atoms with Gasteiger partial charge in [-0.2, -0.15) is 0 Å². The van der Waals surface area contributed by atoms with E-state index in [1.807, 2.05) is 0 Å². The van der Waals surface area contributed by atoms with Gasteiger partial charge in [-0.3, -0.25) is 20.4 Å². The maximum atomic E-state index is 11.7. The molecule has 0 aliphatic heterocycles. The maximum Gasteiger partial charge on any atom is 0.312 e. The molecule has 1 unspecified atom stereocenters. The molecule has 0 saturated heterocycles. The second-order valence-electron chi connectivity index (χ2n) is 3.68. The SMILES string of the molecule is CC(NC(N)=O)C(=O)NNC(=O)c1ccc(Br)cc1. The zero-order valence-corrected chi connectivity index (χ0v) is 11.7. The van der Waals surface area contributed by atoms with Crippen LogP contribution in [0.5, 0.6) is 0 Å². The van der Waals surface area contributed by atoms with E-state index >= 15 is 0 Å². The van der Waals surface area contributed by atoms with Crippen molar-refractivity contribution >= 4 is 33.8 Å². The molecule has 7 nitrogen and oxygen atoms in total. The average Bonchev–Trinajstić information content (AvgIpc) is 2.35. The molecule has 1 rings (SSSR count). The number of amides is 4. The lowest BCUT2D eigenvalue weighted by atomic mass is 10.2. The van der Waals surface area contributed by atoms with Crippen LogP contribution < -0.4 is 21.9 Å². The van der Waals surface area contributed by atoms with Gasteiger partial charge in [-0.15, -0.1) is 0 Å². The number of nitrogens with one attached hydrogen (secondary N) is 3. The molecule has 0 aliphatic rings. The summed E-state index contributed by atoms with van der Waals surface area (Å²) < 4.78 is 0.840. The highest BCUT2D eigenvalue weighted by molar-refractivity contribution is 9.10. The Morgan fingerprint density at radius 1 is 1.16 bits per heavy atom. The van der Waals surface area contributed by atoms with Gasteiger partial charge < -0.3 is 11.1 Å². The fraction of sp³-hybridized carbons (Fsp3) is 0.182. The van der Waals surface area contributed by atoms with Crippen LogP contribution in [-0.2, 0) is 4.79 Å². The van der Waals surface area contributed by atoms with E-state index in [1.165, 1.54) is 6.92 Å². The number of urea groups is 1. The zero-order valence-electron chi connectivity index (χ0n) is 10.1. The molecule has 5 N–H and O–H groups in total. The Labute approximate surface area is 118 Å². The summed E-state index contributed by atoms with van der Waals surface area (Å²) in [6.45, 7) is 1.44. The molecule has 0 heterocycles. The van der Waals surface area contributed by atoms with E-state index in [9.17, 15) is 14.4 Å². The van der Waals surface area contributed by atoms with Crippen LogP contribution in [0.1, 0.15) is 17.3 Å². The van der Waals surface area contributed by atoms with Crippen LogP contribution in [0.15, 0.2) is 28.7 Å². The number of benzene rings is 1. The first-order valence-electron chi connectivity index (χ1n) is 5.32. The standard InChI is InChI=1S/C11H13BrN4O3/c1-6(14-11(13)19)9(17)15-16-10(18)7-2-4-8(12)5-3-7/h2-6H,1H3,(H,15,17)(H,16,18)(H3,13,14,19). The fourth-order valence-corrected chi connectivity index (χ4v) is 1.44. The summed E-state index contributed by atoms with van der Waals surface area (Å²) in [6, 6.07) is 4.93. The summed E-state index contributed by atoms with van der Waals surface area (Å²) in [5, 5.41) is 2.18. The lowest BCUT2D eigenvalue weighted by molar-refractivity contribution is -0.123. The van der Waals surface area contributed by atoms with Crippen molar-refractivity contribution in [2.45, 2.75) is 13.0 Å². The lowest BCUT2D eigenvalue weighted by Crippen LogP contribution is -2.52. The van der Waals surface area contributed by atoms with Gasteiger partial charge in [-0.25, -0.2) is 4.79 Å². The van der Waals surface area contributed by atoms with Crippen molar-refractivity contribution in [3.63, 3.8) is 0 Å². The molecule has 0 aliphatic carbocycles. The van der Waals surface area contributed by atoms with Gasteiger partial charge in [-0.1, -0.05) is 15.9 Å². The quantitative estimate of drug-likeness (QED) is 0.597. The molecule has 0 radical (unpaired) electrons. The minimum Gasteiger partial charge on any atom is -0.352 e. The number of hydrogen-bond donors (Lipinski definition) is 4. The molecule has 4 amide bonds. The first-order chi connectivity index (χ1) is 8.90. The Balaban J connectivity index is 2.48. The molecule has 0 bridgehead atoms. The Hall–Kier alpha value is -2.09. The molecule has 1 atom stereocenters. The number of halogens is 1. The number of hydrogen-bond acceptors (Lipinski definition) is 3. The number of rotatable bonds is 3. The molecule has 0 saturated carbocycles. The molecule has 0 fully saturated rings. The van der Waals surface area contributed by atoms with Crippen LogP contribution in [0.3, 0.4) is 0 Å². The summed E-state index contributed by atoms with van der Waals surface area (Å²) in [5.41, 5.74) is 9.67. The van der Waals surface area contributed by atoms with Gasteiger partial charge in [0, 0.05) is 10.0 Å². The molecule has 0 spiro atoms. The zero-order chi connectivity index (χ0) is 14.4. The predicted molar refractivity (Wildman–Crippen MR) is 71.9 cm³/mol. The molecule has 1 aromatic carbocycles. The number of primary amides is 1. The normalized spacial score (nSPS) is 11.3. The van der Waals surface area contributed by atoms with Crippen LogP contribution in [-0.4, -0.2) is 23.9 Å². The van der Waals surface area contributed by atoms with Crippen LogP contribution >= 0.6 is 15.9 Å². The Morgan fingerprint density at radius 3 is 2.26 bits per heavy atom. The minimum absolute atomic E-state index is 0.388. The average molecular weight is 329 g/mol. The van der Waals surface area contributed by atoms with Gasteiger partial charge in [-0.05, 0) is 31.2 Å². The van der Waals surface area contributed by atoms with Gasteiger partial charge in [0.2, 0.25) is 0 Å². The first kappa shape index (κ1) is 15.0. The summed E-state index contributed by atoms with van der Waals surface area (Å²) >= 11 is 3.25. The number of carbonyl (C=O) groups excluding carboxylic acids is 3. The highest BCUT2D eigenvalue weighted by Crippen LogP contribution is 2.09. The van der Waals surface area contributed by atoms with Crippen molar-refractivity contribution in [2.75, 3.05) is 0 Å². The van der Waals surface area contributed by atoms with E-state index < -0.39 is 23.9 Å². The summed E-state index contributed by atoms with van der Waals surface area (Å²) in [7, 11) is 0. The van der Waals surface area contributed by atoms with Crippen molar-refractivity contribution in [1.82, 2.24) is 16.2 Å². The van der Waals surface area contributed by atoms with E-state index in [4.69, 9.17) is 5.73 Å². The number of hydrazine groups is 1. The largest absolute Gasteiger partial charge is 0.352 e. The Morgan fingerprint density at radius 2 is 1.74 bits per heavy atom. The van der Waals surface area contributed by atoms with Gasteiger partial charge in [0.1, 0.15) is 6.04 Å². The van der Waals surface area contributed by atoms with Gasteiger partial charge >= 0.3 is 6.03 Å². The van der Waals surface area contributed by atoms with Crippen molar-refractivity contribution in [2.24, 2.45) is 5.73 Å². The smallest absolute Gasteiger partial charge is 0.312 e. The molecular weight excluding hydrogens is 316 g/mol. The molecule has 0 aromatic heterocycles. The molecule has 19 heavy (non-hydrogen) atoms. The van der Waals surface area contributed by atoms with Crippen LogP contribution in [0.4, 0.5) is 4.79 Å². The molecule has 102 valence electrons. The summed E-state index contributed by atoms with van der Waals surface area (Å²) in [4.78, 5) is 33.7. The van der Waals surface area contributed by atoms with E-state index in [-0.39, 0.29) is 0 Å².